The molecule has 0 saturated heterocycles. The zero-order valence-corrected chi connectivity index (χ0v) is 14.9. The molecule has 0 saturated carbocycles. The highest BCUT2D eigenvalue weighted by Crippen LogP contribution is 2.17. The second-order valence-electron chi connectivity index (χ2n) is 5.47. The Morgan fingerprint density at radius 3 is 2.58 bits per heavy atom. The van der Waals surface area contributed by atoms with E-state index in [0.717, 1.165) is 5.56 Å². The van der Waals surface area contributed by atoms with Crippen LogP contribution in [0.25, 0.3) is 0 Å². The molecular weight excluding hydrogens is 330 g/mol. The van der Waals surface area contributed by atoms with Crippen LogP contribution in [-0.4, -0.2) is 31.0 Å². The summed E-state index contributed by atoms with van der Waals surface area (Å²) in [5.41, 5.74) is 6.56. The molecule has 2 amide bonds. The van der Waals surface area contributed by atoms with Crippen molar-refractivity contribution in [2.75, 3.05) is 13.2 Å². The maximum atomic E-state index is 11.8. The van der Waals surface area contributed by atoms with Crippen molar-refractivity contribution < 1.29 is 14.3 Å². The van der Waals surface area contributed by atoms with Crippen LogP contribution in [0.15, 0.2) is 36.9 Å². The van der Waals surface area contributed by atoms with E-state index in [1.807, 2.05) is 38.1 Å². The summed E-state index contributed by atoms with van der Waals surface area (Å²) in [6.45, 7) is 7.92. The Morgan fingerprint density at radius 1 is 1.29 bits per heavy atom. The number of para-hydroxylation sites is 1. The highest BCUT2D eigenvalue weighted by Gasteiger charge is 2.17. The standard InChI is InChI=1S/C17H25N3O3.ClH/c1-4-9-23-14-8-6-5-7-13(14)10-19-15(21)11-20-17(22)16(18)12(2)3;/h4-8,12,16H,1,9-11,18H2,2-3H3,(H,19,21)(H,20,22);1H/t16-;/m0./s1. The Balaban J connectivity index is 0.00000529. The number of carbonyl (C=O) groups excluding carboxylic acids is 2. The van der Waals surface area contributed by atoms with Crippen LogP contribution in [0, 0.1) is 5.92 Å². The molecule has 0 aromatic heterocycles. The van der Waals surface area contributed by atoms with Gasteiger partial charge in [0.2, 0.25) is 11.8 Å². The smallest absolute Gasteiger partial charge is 0.239 e. The van der Waals surface area contributed by atoms with Gasteiger partial charge < -0.3 is 21.1 Å². The van der Waals surface area contributed by atoms with Crippen LogP contribution in [0.1, 0.15) is 19.4 Å². The minimum atomic E-state index is -0.615. The van der Waals surface area contributed by atoms with Crippen molar-refractivity contribution in [2.24, 2.45) is 11.7 Å². The van der Waals surface area contributed by atoms with Crippen molar-refractivity contribution in [1.29, 1.82) is 0 Å². The summed E-state index contributed by atoms with van der Waals surface area (Å²) in [5, 5.41) is 5.27. The second kappa shape index (κ2) is 11.5. The lowest BCUT2D eigenvalue weighted by molar-refractivity contribution is -0.127. The monoisotopic (exact) mass is 355 g/mol. The molecule has 0 aliphatic carbocycles. The lowest BCUT2D eigenvalue weighted by Crippen LogP contribution is -2.47. The number of hydrogen-bond acceptors (Lipinski definition) is 4. The molecule has 1 rings (SSSR count). The topological polar surface area (TPSA) is 93.5 Å². The predicted octanol–water partition coefficient (Wildman–Crippen LogP) is 1.39. The van der Waals surface area contributed by atoms with Gasteiger partial charge in [-0.15, -0.1) is 12.4 Å². The summed E-state index contributed by atoms with van der Waals surface area (Å²) in [7, 11) is 0. The number of benzene rings is 1. The number of halogens is 1. The van der Waals surface area contributed by atoms with E-state index in [2.05, 4.69) is 17.2 Å². The summed E-state index contributed by atoms with van der Waals surface area (Å²) in [6, 6.07) is 6.81. The second-order valence-corrected chi connectivity index (χ2v) is 5.47. The quantitative estimate of drug-likeness (QED) is 0.583. The summed E-state index contributed by atoms with van der Waals surface area (Å²) < 4.78 is 5.52. The molecule has 0 aliphatic heterocycles. The van der Waals surface area contributed by atoms with Gasteiger partial charge in [-0.2, -0.15) is 0 Å². The van der Waals surface area contributed by atoms with Crippen molar-refractivity contribution in [3.63, 3.8) is 0 Å². The van der Waals surface area contributed by atoms with Gasteiger partial charge in [-0.1, -0.05) is 44.7 Å². The summed E-state index contributed by atoms with van der Waals surface area (Å²) >= 11 is 0. The molecule has 1 aromatic carbocycles. The number of amides is 2. The first-order chi connectivity index (χ1) is 11.0. The van der Waals surface area contributed by atoms with Crippen LogP contribution >= 0.6 is 12.4 Å². The third-order valence-electron chi connectivity index (χ3n) is 3.25. The maximum Gasteiger partial charge on any atom is 0.239 e. The normalized spacial score (nSPS) is 11.2. The third kappa shape index (κ3) is 7.48. The van der Waals surface area contributed by atoms with E-state index in [1.54, 1.807) is 6.08 Å². The fraction of sp³-hybridized carbons (Fsp3) is 0.412. The summed E-state index contributed by atoms with van der Waals surface area (Å²) in [4.78, 5) is 23.5. The van der Waals surface area contributed by atoms with E-state index < -0.39 is 6.04 Å². The van der Waals surface area contributed by atoms with E-state index in [9.17, 15) is 9.59 Å². The van der Waals surface area contributed by atoms with Gasteiger partial charge in [0.15, 0.2) is 0 Å². The van der Waals surface area contributed by atoms with Crippen molar-refractivity contribution in [3.05, 3.63) is 42.5 Å². The van der Waals surface area contributed by atoms with Gasteiger partial charge in [-0.05, 0) is 12.0 Å². The number of nitrogens with one attached hydrogen (secondary N) is 2. The van der Waals surface area contributed by atoms with Crippen LogP contribution < -0.4 is 21.1 Å². The molecule has 0 bridgehead atoms. The fourth-order valence-corrected chi connectivity index (χ4v) is 1.78. The van der Waals surface area contributed by atoms with Crippen LogP contribution in [0.2, 0.25) is 0 Å². The minimum Gasteiger partial charge on any atom is -0.489 e. The van der Waals surface area contributed by atoms with E-state index in [1.165, 1.54) is 0 Å². The van der Waals surface area contributed by atoms with E-state index in [0.29, 0.717) is 18.9 Å². The van der Waals surface area contributed by atoms with Crippen LogP contribution in [0.3, 0.4) is 0 Å². The molecule has 134 valence electrons. The average Bonchev–Trinajstić information content (AvgIpc) is 2.55. The van der Waals surface area contributed by atoms with Gasteiger partial charge in [0.1, 0.15) is 12.4 Å². The van der Waals surface area contributed by atoms with Gasteiger partial charge >= 0.3 is 0 Å². The molecule has 1 aromatic rings. The molecule has 6 nitrogen and oxygen atoms in total. The van der Waals surface area contributed by atoms with Crippen LogP contribution in [0.4, 0.5) is 0 Å². The molecular formula is C17H26ClN3O3. The first-order valence-electron chi connectivity index (χ1n) is 7.57. The molecule has 1 atom stereocenters. The number of nitrogens with two attached hydrogens (primary N) is 1. The SMILES string of the molecule is C=CCOc1ccccc1CNC(=O)CNC(=O)[C@@H](N)C(C)C.Cl. The molecule has 0 fully saturated rings. The Bertz CT molecular complexity index is 550. The first-order valence-corrected chi connectivity index (χ1v) is 7.57. The highest BCUT2D eigenvalue weighted by atomic mass is 35.5. The number of carbonyl (C=O) groups is 2. The van der Waals surface area contributed by atoms with Gasteiger partial charge in [-0.3, -0.25) is 9.59 Å². The van der Waals surface area contributed by atoms with Gasteiger partial charge in [0.25, 0.3) is 0 Å². The maximum absolute atomic E-state index is 11.8. The zero-order chi connectivity index (χ0) is 17.2. The largest absolute Gasteiger partial charge is 0.489 e. The Labute approximate surface area is 149 Å². The fourth-order valence-electron chi connectivity index (χ4n) is 1.78. The Kier molecular flexibility index (Phi) is 10.5. The Morgan fingerprint density at radius 2 is 1.96 bits per heavy atom. The number of ether oxygens (including phenoxy) is 1. The van der Waals surface area contributed by atoms with E-state index in [4.69, 9.17) is 10.5 Å². The van der Waals surface area contributed by atoms with Crippen molar-refractivity contribution in [1.82, 2.24) is 10.6 Å². The van der Waals surface area contributed by atoms with Gasteiger partial charge in [0.05, 0.1) is 12.6 Å². The van der Waals surface area contributed by atoms with Crippen molar-refractivity contribution in [2.45, 2.75) is 26.4 Å². The number of rotatable bonds is 9. The predicted molar refractivity (Wildman–Crippen MR) is 97.1 cm³/mol. The van der Waals surface area contributed by atoms with Crippen molar-refractivity contribution >= 4 is 24.2 Å². The first kappa shape index (κ1) is 21.9. The third-order valence-corrected chi connectivity index (χ3v) is 3.25. The average molecular weight is 356 g/mol. The van der Waals surface area contributed by atoms with Crippen molar-refractivity contribution in [3.8, 4) is 5.75 Å². The van der Waals surface area contributed by atoms with Gasteiger partial charge in [-0.25, -0.2) is 0 Å². The minimum absolute atomic E-state index is 0. The summed E-state index contributed by atoms with van der Waals surface area (Å²) in [6.07, 6.45) is 1.66. The molecule has 0 unspecified atom stereocenters. The lowest BCUT2D eigenvalue weighted by Gasteiger charge is -2.15. The van der Waals surface area contributed by atoms with Crippen LogP contribution in [0.5, 0.6) is 5.75 Å². The molecule has 0 heterocycles. The lowest BCUT2D eigenvalue weighted by atomic mass is 10.1. The highest BCUT2D eigenvalue weighted by molar-refractivity contribution is 5.87. The zero-order valence-electron chi connectivity index (χ0n) is 14.1. The Hall–Kier alpha value is -2.05. The molecule has 0 radical (unpaired) electrons. The molecule has 7 heteroatoms. The van der Waals surface area contributed by atoms with E-state index >= 15 is 0 Å². The van der Waals surface area contributed by atoms with E-state index in [-0.39, 0.29) is 36.7 Å². The van der Waals surface area contributed by atoms with Gasteiger partial charge in [0, 0.05) is 12.1 Å². The molecule has 0 aliphatic rings. The summed E-state index contributed by atoms with van der Waals surface area (Å²) in [5.74, 6) is 0.100. The molecule has 24 heavy (non-hydrogen) atoms. The molecule has 0 spiro atoms. The number of hydrogen-bond donors (Lipinski definition) is 3. The molecule has 4 N–H and O–H groups in total. The van der Waals surface area contributed by atoms with Crippen LogP contribution in [-0.2, 0) is 16.1 Å².